The molecule has 4 rings (SSSR count). The van der Waals surface area contributed by atoms with Crippen molar-refractivity contribution in [3.8, 4) is 34.5 Å². The number of rotatable bonds is 6. The Morgan fingerprint density at radius 2 is 1.70 bits per heavy atom. The zero-order valence-corrected chi connectivity index (χ0v) is 19.6. The lowest BCUT2D eigenvalue weighted by molar-refractivity contribution is -0.294. The van der Waals surface area contributed by atoms with Crippen LogP contribution in [0.1, 0.15) is 24.2 Å². The number of phenolic OH excluding ortho intramolecular Hbond substituents is 4. The number of benzene rings is 2. The first-order valence-corrected chi connectivity index (χ1v) is 11.0. The van der Waals surface area contributed by atoms with Crippen molar-refractivity contribution in [3.05, 3.63) is 41.2 Å². The Kier molecular flexibility index (Phi) is 7.23. The Bertz CT molecular complexity index is 1210. The third kappa shape index (κ3) is 5.15. The van der Waals surface area contributed by atoms with Crippen LogP contribution < -0.4 is 9.47 Å². The highest BCUT2D eigenvalue weighted by molar-refractivity contribution is 5.70. The number of carbonyl (C=O) groups is 1. The second-order valence-corrected chi connectivity index (χ2v) is 8.45. The summed E-state index contributed by atoms with van der Waals surface area (Å²) >= 11 is 0. The number of hydrogen-bond donors (Lipinski definition) is 7. The molecule has 13 heteroatoms. The van der Waals surface area contributed by atoms with Crippen LogP contribution in [-0.2, 0) is 19.0 Å². The van der Waals surface area contributed by atoms with E-state index in [1.165, 1.54) is 25.3 Å². The predicted molar refractivity (Wildman–Crippen MR) is 122 cm³/mol. The normalized spacial score (nSPS) is 26.9. The first-order chi connectivity index (χ1) is 17.5. The van der Waals surface area contributed by atoms with Crippen LogP contribution in [0.25, 0.3) is 6.08 Å². The van der Waals surface area contributed by atoms with E-state index in [1.54, 1.807) is 0 Å². The molecule has 2 aromatic carbocycles. The van der Waals surface area contributed by atoms with Crippen molar-refractivity contribution >= 4 is 12.0 Å². The first-order valence-electron chi connectivity index (χ1n) is 11.0. The van der Waals surface area contributed by atoms with Gasteiger partial charge < -0.3 is 59.4 Å². The molecule has 0 aliphatic carbocycles. The topological polar surface area (TPSA) is 205 Å². The van der Waals surface area contributed by atoms with E-state index in [0.717, 1.165) is 19.1 Å². The van der Waals surface area contributed by atoms with Crippen LogP contribution >= 0.6 is 0 Å². The standard InChI is InChI=1S/C24H26O13/c1-9(25)34-8-18-20(30)21(31)22(32)24(37-18)36-17-7-12-13(27)5-11(26)6-15(12)35-23(17)10-3-14(28)19(29)16(4-10)33-2/h3-7,18,20-24,26-32H,8H2,1-2H3. The zero-order chi connectivity index (χ0) is 27.0. The summed E-state index contributed by atoms with van der Waals surface area (Å²) in [4.78, 5) is 11.2. The number of aromatic hydroxyl groups is 4. The first kappa shape index (κ1) is 26.2. The number of phenols is 4. The fourth-order valence-corrected chi connectivity index (χ4v) is 3.98. The molecule has 6 atom stereocenters. The molecule has 200 valence electrons. The average Bonchev–Trinajstić information content (AvgIpc) is 2.85. The molecule has 2 aromatic rings. The van der Waals surface area contributed by atoms with E-state index in [1.807, 2.05) is 0 Å². The van der Waals surface area contributed by atoms with Gasteiger partial charge in [-0.2, -0.15) is 0 Å². The fraction of sp³-hybridized carbons (Fsp3) is 0.375. The van der Waals surface area contributed by atoms with Crippen molar-refractivity contribution in [2.24, 2.45) is 0 Å². The van der Waals surface area contributed by atoms with Crippen molar-refractivity contribution in [2.45, 2.75) is 43.7 Å². The smallest absolute Gasteiger partial charge is 0.302 e. The molecular weight excluding hydrogens is 496 g/mol. The average molecular weight is 522 g/mol. The van der Waals surface area contributed by atoms with Crippen LogP contribution in [0.5, 0.6) is 34.5 Å². The molecule has 2 aliphatic heterocycles. The molecule has 1 fully saturated rings. The number of esters is 1. The molecule has 2 aliphatic rings. The van der Waals surface area contributed by atoms with Gasteiger partial charge in [0.25, 0.3) is 0 Å². The number of hydrogen-bond acceptors (Lipinski definition) is 13. The van der Waals surface area contributed by atoms with Gasteiger partial charge in [-0.3, -0.25) is 4.79 Å². The highest BCUT2D eigenvalue weighted by Gasteiger charge is 2.46. The van der Waals surface area contributed by atoms with Gasteiger partial charge in [0, 0.05) is 24.6 Å². The van der Waals surface area contributed by atoms with Crippen molar-refractivity contribution in [2.75, 3.05) is 13.7 Å². The quantitative estimate of drug-likeness (QED) is 0.203. The number of methoxy groups -OCH3 is 1. The third-order valence-corrected chi connectivity index (χ3v) is 5.87. The summed E-state index contributed by atoms with van der Waals surface area (Å²) in [5.74, 6) is -2.56. The maximum absolute atomic E-state index is 11.2. The van der Waals surface area contributed by atoms with E-state index in [-0.39, 0.29) is 39.9 Å². The van der Waals surface area contributed by atoms with E-state index in [0.29, 0.717) is 0 Å². The van der Waals surface area contributed by atoms with Gasteiger partial charge in [-0.15, -0.1) is 0 Å². The summed E-state index contributed by atoms with van der Waals surface area (Å²) in [5, 5.41) is 71.5. The number of aliphatic hydroxyl groups excluding tert-OH is 3. The van der Waals surface area contributed by atoms with Crippen LogP contribution in [0.3, 0.4) is 0 Å². The maximum atomic E-state index is 11.2. The minimum Gasteiger partial charge on any atom is -0.508 e. The summed E-state index contributed by atoms with van der Waals surface area (Å²) in [6.45, 7) is 0.706. The third-order valence-electron chi connectivity index (χ3n) is 5.87. The van der Waals surface area contributed by atoms with Crippen LogP contribution in [0.15, 0.2) is 30.0 Å². The fourth-order valence-electron chi connectivity index (χ4n) is 3.98. The monoisotopic (exact) mass is 522 g/mol. The summed E-state index contributed by atoms with van der Waals surface area (Å²) in [6.07, 6.45) is -7.85. The van der Waals surface area contributed by atoms with Gasteiger partial charge >= 0.3 is 5.97 Å². The number of carbonyl (C=O) groups excluding carboxylic acids is 1. The largest absolute Gasteiger partial charge is 0.508 e. The van der Waals surface area contributed by atoms with Gasteiger partial charge in [-0.05, 0) is 18.2 Å². The Hall–Kier alpha value is -3.91. The van der Waals surface area contributed by atoms with Gasteiger partial charge in [-0.1, -0.05) is 0 Å². The second kappa shape index (κ2) is 10.2. The Morgan fingerprint density at radius 1 is 0.973 bits per heavy atom. The lowest BCUT2D eigenvalue weighted by Crippen LogP contribution is -2.59. The van der Waals surface area contributed by atoms with E-state index in [2.05, 4.69) is 0 Å². The minimum atomic E-state index is -1.76. The van der Waals surface area contributed by atoms with E-state index in [9.17, 15) is 40.5 Å². The van der Waals surface area contributed by atoms with Crippen molar-refractivity contribution < 1.29 is 64.2 Å². The molecule has 0 aromatic heterocycles. The van der Waals surface area contributed by atoms with Crippen LogP contribution in [0.4, 0.5) is 0 Å². The van der Waals surface area contributed by atoms with Gasteiger partial charge in [0.15, 0.2) is 17.6 Å². The highest BCUT2D eigenvalue weighted by atomic mass is 16.7. The molecule has 13 nitrogen and oxygen atoms in total. The lowest BCUT2D eigenvalue weighted by atomic mass is 9.98. The number of fused-ring (bicyclic) bond motifs is 1. The molecule has 0 radical (unpaired) electrons. The van der Waals surface area contributed by atoms with Crippen LogP contribution in [0.2, 0.25) is 0 Å². The molecule has 7 N–H and O–H groups in total. The maximum Gasteiger partial charge on any atom is 0.302 e. The van der Waals surface area contributed by atoms with Gasteiger partial charge in [-0.25, -0.2) is 0 Å². The number of aliphatic hydroxyl groups is 3. The molecule has 0 bridgehead atoms. The van der Waals surface area contributed by atoms with E-state index < -0.39 is 60.9 Å². The second-order valence-electron chi connectivity index (χ2n) is 8.45. The Morgan fingerprint density at radius 3 is 2.38 bits per heavy atom. The molecule has 0 saturated carbocycles. The highest BCUT2D eigenvalue weighted by Crippen LogP contribution is 2.47. The minimum absolute atomic E-state index is 0.0367. The summed E-state index contributed by atoms with van der Waals surface area (Å²) < 4.78 is 27.3. The summed E-state index contributed by atoms with van der Waals surface area (Å²) in [5.41, 5.74) is 0.288. The zero-order valence-electron chi connectivity index (χ0n) is 19.6. The van der Waals surface area contributed by atoms with Crippen molar-refractivity contribution in [3.63, 3.8) is 0 Å². The molecule has 37 heavy (non-hydrogen) atoms. The van der Waals surface area contributed by atoms with E-state index in [4.69, 9.17) is 23.7 Å². The van der Waals surface area contributed by atoms with Crippen molar-refractivity contribution in [1.82, 2.24) is 0 Å². The van der Waals surface area contributed by atoms with Crippen LogP contribution in [0, 0.1) is 0 Å². The van der Waals surface area contributed by atoms with E-state index >= 15 is 0 Å². The molecule has 6 unspecified atom stereocenters. The molecular formula is C24H26O13. The van der Waals surface area contributed by atoms with Gasteiger partial charge in [0.2, 0.25) is 12.0 Å². The van der Waals surface area contributed by atoms with Crippen LogP contribution in [-0.4, -0.2) is 86.1 Å². The molecule has 0 amide bonds. The molecule has 1 saturated heterocycles. The Balaban J connectivity index is 1.73. The Labute approximate surface area is 209 Å². The molecule has 0 spiro atoms. The van der Waals surface area contributed by atoms with Gasteiger partial charge in [0.05, 0.1) is 12.7 Å². The summed E-state index contributed by atoms with van der Waals surface area (Å²) in [6, 6.07) is 4.79. The predicted octanol–water partition coefficient (Wildman–Crippen LogP) is 0.379. The van der Waals surface area contributed by atoms with Gasteiger partial charge in [0.1, 0.15) is 54.0 Å². The summed E-state index contributed by atoms with van der Waals surface area (Å²) in [7, 11) is 1.26. The SMILES string of the molecule is COc1cc(C2Oc3cc(O)cc(O)c3C=C2OC2OC(COC(C)=O)C(O)C(O)C2O)cc(O)c1O. The van der Waals surface area contributed by atoms with Crippen molar-refractivity contribution in [1.29, 1.82) is 0 Å². The molecule has 2 heterocycles. The lowest BCUT2D eigenvalue weighted by Gasteiger charge is -2.41. The number of ether oxygens (including phenoxy) is 5.